The number of aromatic nitrogens is 1. The number of hydrogen-bond acceptors (Lipinski definition) is 4. The van der Waals surface area contributed by atoms with Gasteiger partial charge in [-0.15, -0.1) is 0 Å². The van der Waals surface area contributed by atoms with Gasteiger partial charge in [-0.2, -0.15) is 0 Å². The molecular formula is C10H14N2O3. The zero-order chi connectivity index (χ0) is 11.3. The molecule has 0 amide bonds. The number of aliphatic hydroxyl groups is 1. The Hall–Kier alpha value is -1.46. The Balaban J connectivity index is 2.62. The van der Waals surface area contributed by atoms with Gasteiger partial charge in [-0.05, 0) is 19.1 Å². The average molecular weight is 210 g/mol. The maximum atomic E-state index is 10.6. The molecule has 0 aliphatic carbocycles. The van der Waals surface area contributed by atoms with E-state index in [-0.39, 0.29) is 18.3 Å². The van der Waals surface area contributed by atoms with Gasteiger partial charge >= 0.3 is 5.97 Å². The molecule has 1 rings (SSSR count). The zero-order valence-corrected chi connectivity index (χ0v) is 8.47. The van der Waals surface area contributed by atoms with Gasteiger partial charge in [0.05, 0.1) is 12.3 Å². The van der Waals surface area contributed by atoms with Crippen molar-refractivity contribution in [1.82, 2.24) is 10.3 Å². The summed E-state index contributed by atoms with van der Waals surface area (Å²) >= 11 is 0. The number of carboxylic acids is 1. The number of aromatic carboxylic acids is 1. The van der Waals surface area contributed by atoms with Crippen LogP contribution in [0, 0.1) is 0 Å². The highest BCUT2D eigenvalue weighted by Gasteiger charge is 2.05. The Labute approximate surface area is 87.8 Å². The summed E-state index contributed by atoms with van der Waals surface area (Å²) in [7, 11) is 0. The van der Waals surface area contributed by atoms with E-state index in [4.69, 9.17) is 10.2 Å². The molecule has 0 saturated carbocycles. The predicted octanol–water partition coefficient (Wildman–Crippen LogP) is 0.250. The van der Waals surface area contributed by atoms with Crippen molar-refractivity contribution in [3.05, 3.63) is 29.6 Å². The average Bonchev–Trinajstić information content (AvgIpc) is 2.26. The van der Waals surface area contributed by atoms with E-state index in [9.17, 15) is 4.79 Å². The van der Waals surface area contributed by atoms with Gasteiger partial charge in [0.1, 0.15) is 5.69 Å². The smallest absolute Gasteiger partial charge is 0.354 e. The quantitative estimate of drug-likeness (QED) is 0.649. The molecule has 0 saturated heterocycles. The van der Waals surface area contributed by atoms with Crippen molar-refractivity contribution in [2.75, 3.05) is 6.61 Å². The van der Waals surface area contributed by atoms with E-state index in [0.717, 1.165) is 0 Å². The number of carbonyl (C=O) groups is 1. The molecule has 5 nitrogen and oxygen atoms in total. The van der Waals surface area contributed by atoms with Gasteiger partial charge in [0, 0.05) is 12.6 Å². The second-order valence-corrected chi connectivity index (χ2v) is 3.28. The molecule has 0 bridgehead atoms. The Morgan fingerprint density at radius 2 is 2.33 bits per heavy atom. The van der Waals surface area contributed by atoms with Crippen molar-refractivity contribution in [2.45, 2.75) is 19.5 Å². The zero-order valence-electron chi connectivity index (χ0n) is 8.47. The number of nitrogens with one attached hydrogen (secondary N) is 1. The number of carboxylic acid groups (broad SMARTS) is 1. The van der Waals surface area contributed by atoms with E-state index in [1.54, 1.807) is 12.1 Å². The molecule has 0 aliphatic heterocycles. The standard InChI is InChI=1S/C10H14N2O3/c1-7(6-13)11-5-8-3-2-4-9(12-8)10(14)15/h2-4,7,11,13H,5-6H2,1H3,(H,14,15). The molecule has 1 aromatic rings. The van der Waals surface area contributed by atoms with Crippen LogP contribution in [0.25, 0.3) is 0 Å². The van der Waals surface area contributed by atoms with E-state index in [1.807, 2.05) is 6.92 Å². The summed E-state index contributed by atoms with van der Waals surface area (Å²) in [4.78, 5) is 14.6. The van der Waals surface area contributed by atoms with Crippen molar-refractivity contribution in [2.24, 2.45) is 0 Å². The first-order valence-electron chi connectivity index (χ1n) is 4.67. The van der Waals surface area contributed by atoms with E-state index >= 15 is 0 Å². The van der Waals surface area contributed by atoms with Crippen molar-refractivity contribution in [3.8, 4) is 0 Å². The van der Waals surface area contributed by atoms with Gasteiger partial charge in [0.25, 0.3) is 0 Å². The van der Waals surface area contributed by atoms with Crippen LogP contribution in [0.2, 0.25) is 0 Å². The Morgan fingerprint density at radius 1 is 1.60 bits per heavy atom. The molecular weight excluding hydrogens is 196 g/mol. The first kappa shape index (κ1) is 11.6. The van der Waals surface area contributed by atoms with Gasteiger partial charge in [-0.3, -0.25) is 0 Å². The van der Waals surface area contributed by atoms with Crippen LogP contribution in [0.3, 0.4) is 0 Å². The van der Waals surface area contributed by atoms with E-state index in [1.165, 1.54) is 6.07 Å². The fourth-order valence-corrected chi connectivity index (χ4v) is 1.04. The Morgan fingerprint density at radius 3 is 2.93 bits per heavy atom. The molecule has 5 heteroatoms. The van der Waals surface area contributed by atoms with E-state index in [0.29, 0.717) is 12.2 Å². The third kappa shape index (κ3) is 3.65. The lowest BCUT2D eigenvalue weighted by atomic mass is 10.3. The summed E-state index contributed by atoms with van der Waals surface area (Å²) in [5.74, 6) is -1.04. The summed E-state index contributed by atoms with van der Waals surface area (Å²) in [5, 5.41) is 20.5. The minimum absolute atomic E-state index is 0.0275. The molecule has 1 heterocycles. The van der Waals surface area contributed by atoms with Crippen LogP contribution >= 0.6 is 0 Å². The van der Waals surface area contributed by atoms with Gasteiger partial charge in [-0.25, -0.2) is 9.78 Å². The van der Waals surface area contributed by atoms with Crippen LogP contribution in [0.4, 0.5) is 0 Å². The molecule has 0 aliphatic rings. The molecule has 15 heavy (non-hydrogen) atoms. The SMILES string of the molecule is CC(CO)NCc1cccc(C(=O)O)n1. The molecule has 0 aromatic carbocycles. The monoisotopic (exact) mass is 210 g/mol. The van der Waals surface area contributed by atoms with Gasteiger partial charge in [0.15, 0.2) is 0 Å². The number of aliphatic hydroxyl groups excluding tert-OH is 1. The fourth-order valence-electron chi connectivity index (χ4n) is 1.04. The molecule has 3 N–H and O–H groups in total. The molecule has 82 valence electrons. The van der Waals surface area contributed by atoms with E-state index in [2.05, 4.69) is 10.3 Å². The first-order valence-corrected chi connectivity index (χ1v) is 4.67. The van der Waals surface area contributed by atoms with Gasteiger partial charge in [-0.1, -0.05) is 6.07 Å². The summed E-state index contributed by atoms with van der Waals surface area (Å²) in [5.41, 5.74) is 0.682. The third-order valence-corrected chi connectivity index (χ3v) is 1.93. The summed E-state index contributed by atoms with van der Waals surface area (Å²) in [6.45, 7) is 2.32. The Kier molecular flexibility index (Phi) is 4.20. The highest BCUT2D eigenvalue weighted by molar-refractivity contribution is 5.85. The fraction of sp³-hybridized carbons (Fsp3) is 0.400. The molecule has 0 spiro atoms. The molecule has 0 fully saturated rings. The van der Waals surface area contributed by atoms with Crippen molar-refractivity contribution >= 4 is 5.97 Å². The third-order valence-electron chi connectivity index (χ3n) is 1.93. The lowest BCUT2D eigenvalue weighted by molar-refractivity contribution is 0.0690. The summed E-state index contributed by atoms with van der Waals surface area (Å²) < 4.78 is 0. The summed E-state index contributed by atoms with van der Waals surface area (Å²) in [6.07, 6.45) is 0. The number of pyridine rings is 1. The van der Waals surface area contributed by atoms with Crippen molar-refractivity contribution in [3.63, 3.8) is 0 Å². The second kappa shape index (κ2) is 5.43. The normalized spacial score (nSPS) is 12.4. The molecule has 0 radical (unpaired) electrons. The molecule has 1 aromatic heterocycles. The van der Waals surface area contributed by atoms with Crippen LogP contribution < -0.4 is 5.32 Å². The minimum atomic E-state index is -1.04. The van der Waals surface area contributed by atoms with Crippen LogP contribution in [-0.4, -0.2) is 33.8 Å². The van der Waals surface area contributed by atoms with Crippen LogP contribution in [0.5, 0.6) is 0 Å². The maximum absolute atomic E-state index is 10.6. The maximum Gasteiger partial charge on any atom is 0.354 e. The topological polar surface area (TPSA) is 82.5 Å². The second-order valence-electron chi connectivity index (χ2n) is 3.28. The number of nitrogens with zero attached hydrogens (tertiary/aromatic N) is 1. The lowest BCUT2D eigenvalue weighted by Crippen LogP contribution is -2.29. The first-order chi connectivity index (χ1) is 7.13. The van der Waals surface area contributed by atoms with Crippen LogP contribution in [0.15, 0.2) is 18.2 Å². The van der Waals surface area contributed by atoms with Gasteiger partial charge < -0.3 is 15.5 Å². The van der Waals surface area contributed by atoms with Crippen LogP contribution in [-0.2, 0) is 6.54 Å². The highest BCUT2D eigenvalue weighted by Crippen LogP contribution is 1.99. The predicted molar refractivity (Wildman–Crippen MR) is 54.6 cm³/mol. The van der Waals surface area contributed by atoms with E-state index < -0.39 is 5.97 Å². The largest absolute Gasteiger partial charge is 0.477 e. The molecule has 1 atom stereocenters. The van der Waals surface area contributed by atoms with Crippen LogP contribution in [0.1, 0.15) is 23.1 Å². The molecule has 1 unspecified atom stereocenters. The van der Waals surface area contributed by atoms with Gasteiger partial charge in [0.2, 0.25) is 0 Å². The van der Waals surface area contributed by atoms with Crippen molar-refractivity contribution in [1.29, 1.82) is 0 Å². The highest BCUT2D eigenvalue weighted by atomic mass is 16.4. The number of rotatable bonds is 5. The Bertz CT molecular complexity index is 341. The number of hydrogen-bond donors (Lipinski definition) is 3. The summed E-state index contributed by atoms with van der Waals surface area (Å²) in [6, 6.07) is 4.81. The lowest BCUT2D eigenvalue weighted by Gasteiger charge is -2.09. The minimum Gasteiger partial charge on any atom is -0.477 e. The van der Waals surface area contributed by atoms with Crippen molar-refractivity contribution < 1.29 is 15.0 Å².